The number of benzene rings is 2. The summed E-state index contributed by atoms with van der Waals surface area (Å²) >= 11 is 0. The summed E-state index contributed by atoms with van der Waals surface area (Å²) in [6, 6.07) is 12.9. The summed E-state index contributed by atoms with van der Waals surface area (Å²) in [6.07, 6.45) is 3.13. The molecule has 0 heterocycles. The molecule has 0 unspecified atom stereocenters. The number of hydrogen-bond donors (Lipinski definition) is 0. The van der Waals surface area contributed by atoms with Gasteiger partial charge in [0.25, 0.3) is 0 Å². The van der Waals surface area contributed by atoms with Crippen LogP contribution < -0.4 is 0 Å². The Kier molecular flexibility index (Phi) is 2.84. The first-order valence-electron chi connectivity index (χ1n) is 6.41. The number of hydrogen-bond acceptors (Lipinski definition) is 2. The lowest BCUT2D eigenvalue weighted by Crippen LogP contribution is -2.34. The first-order valence-corrected chi connectivity index (χ1v) is 6.41. The Labute approximate surface area is 108 Å². The largest absolute Gasteiger partial charge is 0.349 e. The molecule has 0 atom stereocenters. The highest BCUT2D eigenvalue weighted by molar-refractivity contribution is 5.84. The van der Waals surface area contributed by atoms with Crippen LogP contribution in [0.5, 0.6) is 0 Å². The second-order valence-electron chi connectivity index (χ2n) is 4.87. The lowest BCUT2D eigenvalue weighted by atomic mass is 9.84. The van der Waals surface area contributed by atoms with E-state index >= 15 is 0 Å². The van der Waals surface area contributed by atoms with Crippen LogP contribution in [0, 0.1) is 0 Å². The van der Waals surface area contributed by atoms with E-state index in [2.05, 4.69) is 36.4 Å². The summed E-state index contributed by atoms with van der Waals surface area (Å²) in [4.78, 5) is 0. The molecule has 0 aliphatic heterocycles. The van der Waals surface area contributed by atoms with Crippen molar-refractivity contribution in [3.05, 3.63) is 47.5 Å². The Balaban J connectivity index is 2.25. The van der Waals surface area contributed by atoms with E-state index < -0.39 is 5.79 Å². The van der Waals surface area contributed by atoms with E-state index in [1.54, 1.807) is 14.2 Å². The maximum Gasteiger partial charge on any atom is 0.194 e. The van der Waals surface area contributed by atoms with Crippen LogP contribution in [0.2, 0.25) is 0 Å². The number of fused-ring (bicyclic) bond motifs is 2. The smallest absolute Gasteiger partial charge is 0.194 e. The molecule has 0 bridgehead atoms. The molecule has 0 amide bonds. The average molecular weight is 242 g/mol. The van der Waals surface area contributed by atoms with Crippen LogP contribution >= 0.6 is 0 Å². The van der Waals surface area contributed by atoms with Crippen molar-refractivity contribution in [1.82, 2.24) is 0 Å². The van der Waals surface area contributed by atoms with Gasteiger partial charge in [0.05, 0.1) is 0 Å². The zero-order valence-electron chi connectivity index (χ0n) is 10.9. The molecular formula is C16H18O2. The second kappa shape index (κ2) is 4.38. The van der Waals surface area contributed by atoms with E-state index in [9.17, 15) is 0 Å². The molecule has 2 aromatic carbocycles. The second-order valence-corrected chi connectivity index (χ2v) is 4.87. The van der Waals surface area contributed by atoms with Crippen molar-refractivity contribution >= 4 is 10.8 Å². The highest BCUT2D eigenvalue weighted by atomic mass is 16.7. The highest BCUT2D eigenvalue weighted by Crippen LogP contribution is 2.40. The van der Waals surface area contributed by atoms with Gasteiger partial charge in [-0.3, -0.25) is 0 Å². The molecule has 0 radical (unpaired) electrons. The Morgan fingerprint density at radius 2 is 1.67 bits per heavy atom. The number of aryl methyl sites for hydroxylation is 1. The van der Waals surface area contributed by atoms with Gasteiger partial charge in [-0.15, -0.1) is 0 Å². The fraction of sp³-hybridized carbons (Fsp3) is 0.375. The molecule has 0 fully saturated rings. The van der Waals surface area contributed by atoms with Gasteiger partial charge in [0.2, 0.25) is 0 Å². The molecule has 2 aromatic rings. The SMILES string of the molecule is COC1(OC)CCCc2cc3ccccc3cc21. The van der Waals surface area contributed by atoms with Gasteiger partial charge in [-0.1, -0.05) is 30.3 Å². The van der Waals surface area contributed by atoms with Crippen molar-refractivity contribution in [3.63, 3.8) is 0 Å². The third-order valence-corrected chi connectivity index (χ3v) is 3.99. The Bertz CT molecular complexity index is 570. The highest BCUT2D eigenvalue weighted by Gasteiger charge is 2.36. The van der Waals surface area contributed by atoms with E-state index in [4.69, 9.17) is 9.47 Å². The summed E-state index contributed by atoms with van der Waals surface area (Å²) in [7, 11) is 3.46. The van der Waals surface area contributed by atoms with Crippen LogP contribution in [-0.2, 0) is 21.7 Å². The normalized spacial score (nSPS) is 17.7. The molecule has 0 N–H and O–H groups in total. The molecular weight excluding hydrogens is 224 g/mol. The number of rotatable bonds is 2. The third-order valence-electron chi connectivity index (χ3n) is 3.99. The summed E-state index contributed by atoms with van der Waals surface area (Å²) in [5, 5.41) is 2.54. The monoisotopic (exact) mass is 242 g/mol. The maximum atomic E-state index is 5.68. The van der Waals surface area contributed by atoms with Crippen LogP contribution in [-0.4, -0.2) is 14.2 Å². The van der Waals surface area contributed by atoms with E-state index in [0.29, 0.717) is 0 Å². The van der Waals surface area contributed by atoms with Gasteiger partial charge in [0, 0.05) is 26.2 Å². The summed E-state index contributed by atoms with van der Waals surface area (Å²) in [5.41, 5.74) is 2.54. The molecule has 0 spiro atoms. The van der Waals surface area contributed by atoms with Crippen LogP contribution in [0.3, 0.4) is 0 Å². The van der Waals surface area contributed by atoms with E-state index in [0.717, 1.165) is 19.3 Å². The zero-order chi connectivity index (χ0) is 12.6. The van der Waals surface area contributed by atoms with Crippen LogP contribution in [0.1, 0.15) is 24.0 Å². The molecule has 0 aromatic heterocycles. The molecule has 0 saturated carbocycles. The zero-order valence-corrected chi connectivity index (χ0v) is 10.9. The summed E-state index contributed by atoms with van der Waals surface area (Å²) in [6.45, 7) is 0. The van der Waals surface area contributed by atoms with Crippen molar-refractivity contribution in [2.24, 2.45) is 0 Å². The van der Waals surface area contributed by atoms with Gasteiger partial charge in [0.15, 0.2) is 5.79 Å². The first kappa shape index (κ1) is 11.7. The average Bonchev–Trinajstić information content (AvgIpc) is 2.44. The molecule has 18 heavy (non-hydrogen) atoms. The Morgan fingerprint density at radius 3 is 2.33 bits per heavy atom. The van der Waals surface area contributed by atoms with E-state index in [-0.39, 0.29) is 0 Å². The summed E-state index contributed by atoms with van der Waals surface area (Å²) in [5.74, 6) is -0.558. The minimum absolute atomic E-state index is 0.558. The molecule has 3 rings (SSSR count). The molecule has 94 valence electrons. The molecule has 1 aliphatic rings. The Hall–Kier alpha value is -1.38. The predicted molar refractivity (Wildman–Crippen MR) is 72.6 cm³/mol. The van der Waals surface area contributed by atoms with Crippen LogP contribution in [0.25, 0.3) is 10.8 Å². The van der Waals surface area contributed by atoms with Crippen molar-refractivity contribution in [1.29, 1.82) is 0 Å². The van der Waals surface area contributed by atoms with Gasteiger partial charge in [0.1, 0.15) is 0 Å². The number of ether oxygens (including phenoxy) is 2. The molecule has 1 aliphatic carbocycles. The molecule has 2 heteroatoms. The van der Waals surface area contributed by atoms with Crippen molar-refractivity contribution in [2.45, 2.75) is 25.0 Å². The minimum atomic E-state index is -0.558. The van der Waals surface area contributed by atoms with Crippen molar-refractivity contribution in [2.75, 3.05) is 14.2 Å². The quantitative estimate of drug-likeness (QED) is 0.749. The van der Waals surface area contributed by atoms with Gasteiger partial charge in [-0.05, 0) is 35.2 Å². The lowest BCUT2D eigenvalue weighted by molar-refractivity contribution is -0.224. The maximum absolute atomic E-state index is 5.68. The minimum Gasteiger partial charge on any atom is -0.349 e. The van der Waals surface area contributed by atoms with Crippen LogP contribution in [0.15, 0.2) is 36.4 Å². The van der Waals surface area contributed by atoms with Gasteiger partial charge >= 0.3 is 0 Å². The predicted octanol–water partition coefficient (Wildman–Crippen LogP) is 3.62. The van der Waals surface area contributed by atoms with E-state index in [1.165, 1.54) is 21.9 Å². The third kappa shape index (κ3) is 1.64. The van der Waals surface area contributed by atoms with Crippen molar-refractivity contribution in [3.8, 4) is 0 Å². The van der Waals surface area contributed by atoms with Gasteiger partial charge in [-0.2, -0.15) is 0 Å². The fourth-order valence-electron chi connectivity index (χ4n) is 3.00. The van der Waals surface area contributed by atoms with Gasteiger partial charge < -0.3 is 9.47 Å². The number of methoxy groups -OCH3 is 2. The standard InChI is InChI=1S/C16H18O2/c1-17-16(18-2)9-5-8-14-10-12-6-3-4-7-13(12)11-15(14)16/h3-4,6-7,10-11H,5,8-9H2,1-2H3. The fourth-order valence-corrected chi connectivity index (χ4v) is 3.00. The summed E-state index contributed by atoms with van der Waals surface area (Å²) < 4.78 is 11.4. The Morgan fingerprint density at radius 1 is 1.00 bits per heavy atom. The lowest BCUT2D eigenvalue weighted by Gasteiger charge is -2.36. The van der Waals surface area contributed by atoms with E-state index in [1.807, 2.05) is 0 Å². The van der Waals surface area contributed by atoms with Gasteiger partial charge in [-0.25, -0.2) is 0 Å². The molecule has 0 saturated heterocycles. The first-order chi connectivity index (χ1) is 8.79. The topological polar surface area (TPSA) is 18.5 Å². The van der Waals surface area contributed by atoms with Crippen molar-refractivity contribution < 1.29 is 9.47 Å². The van der Waals surface area contributed by atoms with Crippen LogP contribution in [0.4, 0.5) is 0 Å². The molecule has 2 nitrogen and oxygen atoms in total.